The van der Waals surface area contributed by atoms with Gasteiger partial charge in [-0.2, -0.15) is 0 Å². The largest absolute Gasteiger partial charge is 0.312 e. The molecule has 1 aromatic carbocycles. The van der Waals surface area contributed by atoms with E-state index >= 15 is 0 Å². The van der Waals surface area contributed by atoms with Crippen LogP contribution in [0.1, 0.15) is 38.8 Å². The van der Waals surface area contributed by atoms with Gasteiger partial charge in [0.2, 0.25) is 0 Å². The first-order valence-electron chi connectivity index (χ1n) is 6.26. The van der Waals surface area contributed by atoms with Crippen LogP contribution in [-0.4, -0.2) is 6.54 Å². The van der Waals surface area contributed by atoms with E-state index in [0.29, 0.717) is 11.3 Å². The SMILES string of the molecule is Cc1ccc(CNCC(C)C(C)(C)C)cc1Cl. The second-order valence-electron chi connectivity index (χ2n) is 5.98. The number of benzene rings is 1. The second-order valence-corrected chi connectivity index (χ2v) is 6.39. The van der Waals surface area contributed by atoms with Crippen molar-refractivity contribution in [3.05, 3.63) is 34.3 Å². The topological polar surface area (TPSA) is 12.0 Å². The average Bonchev–Trinajstić information content (AvgIpc) is 2.22. The third-order valence-corrected chi connectivity index (χ3v) is 3.90. The molecule has 2 heteroatoms. The Balaban J connectivity index is 2.44. The fourth-order valence-corrected chi connectivity index (χ4v) is 1.69. The van der Waals surface area contributed by atoms with Gasteiger partial charge in [0.1, 0.15) is 0 Å². The zero-order valence-electron chi connectivity index (χ0n) is 11.6. The van der Waals surface area contributed by atoms with Gasteiger partial charge in [0.25, 0.3) is 0 Å². The first-order valence-corrected chi connectivity index (χ1v) is 6.64. The molecule has 0 saturated carbocycles. The third kappa shape index (κ3) is 4.69. The molecule has 1 atom stereocenters. The van der Waals surface area contributed by atoms with E-state index in [9.17, 15) is 0 Å². The summed E-state index contributed by atoms with van der Waals surface area (Å²) in [5.41, 5.74) is 2.75. The molecule has 1 aromatic rings. The van der Waals surface area contributed by atoms with E-state index in [-0.39, 0.29) is 0 Å². The van der Waals surface area contributed by atoms with Gasteiger partial charge in [-0.15, -0.1) is 0 Å². The molecule has 0 aromatic heterocycles. The van der Waals surface area contributed by atoms with Gasteiger partial charge < -0.3 is 5.32 Å². The minimum absolute atomic E-state index is 0.359. The molecule has 0 aliphatic carbocycles. The van der Waals surface area contributed by atoms with Crippen molar-refractivity contribution >= 4 is 11.6 Å². The van der Waals surface area contributed by atoms with Crippen LogP contribution >= 0.6 is 11.6 Å². The van der Waals surface area contributed by atoms with Gasteiger partial charge in [0.05, 0.1) is 0 Å². The number of hydrogen-bond donors (Lipinski definition) is 1. The van der Waals surface area contributed by atoms with Crippen LogP contribution in [0.4, 0.5) is 0 Å². The van der Waals surface area contributed by atoms with Crippen molar-refractivity contribution in [2.75, 3.05) is 6.54 Å². The van der Waals surface area contributed by atoms with Gasteiger partial charge in [-0.25, -0.2) is 0 Å². The Labute approximate surface area is 111 Å². The average molecular weight is 254 g/mol. The summed E-state index contributed by atoms with van der Waals surface area (Å²) in [6.45, 7) is 13.1. The molecule has 0 fully saturated rings. The Morgan fingerprint density at radius 2 is 1.94 bits per heavy atom. The number of aryl methyl sites for hydroxylation is 1. The minimum atomic E-state index is 0.359. The lowest BCUT2D eigenvalue weighted by Gasteiger charge is -2.27. The molecule has 96 valence electrons. The van der Waals surface area contributed by atoms with Crippen LogP contribution < -0.4 is 5.32 Å². The van der Waals surface area contributed by atoms with Gasteiger partial charge in [0.15, 0.2) is 0 Å². The van der Waals surface area contributed by atoms with E-state index in [2.05, 4.69) is 45.1 Å². The minimum Gasteiger partial charge on any atom is -0.312 e. The van der Waals surface area contributed by atoms with Gasteiger partial charge >= 0.3 is 0 Å². The van der Waals surface area contributed by atoms with Crippen molar-refractivity contribution in [1.29, 1.82) is 0 Å². The maximum atomic E-state index is 6.10. The normalized spacial score (nSPS) is 13.8. The maximum Gasteiger partial charge on any atom is 0.0438 e. The summed E-state index contributed by atoms with van der Waals surface area (Å²) >= 11 is 6.10. The van der Waals surface area contributed by atoms with Crippen LogP contribution in [0.25, 0.3) is 0 Å². The monoisotopic (exact) mass is 253 g/mol. The zero-order valence-corrected chi connectivity index (χ0v) is 12.4. The van der Waals surface area contributed by atoms with Crippen molar-refractivity contribution in [1.82, 2.24) is 5.32 Å². The van der Waals surface area contributed by atoms with Crippen LogP contribution in [0.3, 0.4) is 0 Å². The molecule has 0 spiro atoms. The number of rotatable bonds is 4. The standard InChI is InChI=1S/C15H24ClN/c1-11-6-7-13(8-14(11)16)10-17-9-12(2)15(3,4)5/h6-8,12,17H,9-10H2,1-5H3. The molecule has 0 aliphatic heterocycles. The van der Waals surface area contributed by atoms with Gasteiger partial charge in [-0.1, -0.05) is 51.4 Å². The first-order chi connectivity index (χ1) is 7.80. The third-order valence-electron chi connectivity index (χ3n) is 3.49. The van der Waals surface area contributed by atoms with Crippen LogP contribution in [0.2, 0.25) is 5.02 Å². The van der Waals surface area contributed by atoms with E-state index in [4.69, 9.17) is 11.6 Å². The summed E-state index contributed by atoms with van der Waals surface area (Å²) in [7, 11) is 0. The van der Waals surface area contributed by atoms with E-state index in [1.807, 2.05) is 13.0 Å². The van der Waals surface area contributed by atoms with E-state index in [1.54, 1.807) is 0 Å². The highest BCUT2D eigenvalue weighted by molar-refractivity contribution is 6.31. The summed E-state index contributed by atoms with van der Waals surface area (Å²) in [4.78, 5) is 0. The predicted molar refractivity (Wildman–Crippen MR) is 76.5 cm³/mol. The molecule has 1 unspecified atom stereocenters. The predicted octanol–water partition coefficient (Wildman–Crippen LogP) is 4.42. The zero-order chi connectivity index (χ0) is 13.1. The van der Waals surface area contributed by atoms with Crippen molar-refractivity contribution in [2.24, 2.45) is 11.3 Å². The highest BCUT2D eigenvalue weighted by atomic mass is 35.5. The van der Waals surface area contributed by atoms with Gasteiger partial charge in [-0.05, 0) is 42.0 Å². The summed E-state index contributed by atoms with van der Waals surface area (Å²) < 4.78 is 0. The smallest absolute Gasteiger partial charge is 0.0438 e. The van der Waals surface area contributed by atoms with E-state index in [0.717, 1.165) is 23.7 Å². The highest BCUT2D eigenvalue weighted by Crippen LogP contribution is 2.24. The number of halogens is 1. The summed E-state index contributed by atoms with van der Waals surface area (Å²) in [5.74, 6) is 0.656. The molecule has 0 saturated heterocycles. The van der Waals surface area contributed by atoms with Gasteiger partial charge in [0, 0.05) is 11.6 Å². The lowest BCUT2D eigenvalue weighted by atomic mass is 9.82. The molecule has 0 aliphatic rings. The molecular formula is C15H24ClN. The quantitative estimate of drug-likeness (QED) is 0.838. The lowest BCUT2D eigenvalue weighted by molar-refractivity contribution is 0.252. The van der Waals surface area contributed by atoms with E-state index < -0.39 is 0 Å². The summed E-state index contributed by atoms with van der Waals surface area (Å²) in [6, 6.07) is 6.26. The Bertz CT molecular complexity index is 366. The molecule has 0 bridgehead atoms. The van der Waals surface area contributed by atoms with Crippen molar-refractivity contribution in [2.45, 2.75) is 41.2 Å². The molecule has 0 heterocycles. The second kappa shape index (κ2) is 5.88. The molecule has 0 radical (unpaired) electrons. The fourth-order valence-electron chi connectivity index (χ4n) is 1.49. The Morgan fingerprint density at radius 1 is 1.29 bits per heavy atom. The summed E-state index contributed by atoms with van der Waals surface area (Å²) in [5, 5.41) is 4.35. The molecule has 17 heavy (non-hydrogen) atoms. The highest BCUT2D eigenvalue weighted by Gasteiger charge is 2.19. The van der Waals surface area contributed by atoms with E-state index in [1.165, 1.54) is 5.56 Å². The molecular weight excluding hydrogens is 230 g/mol. The fraction of sp³-hybridized carbons (Fsp3) is 0.600. The Kier molecular flexibility index (Phi) is 5.03. The lowest BCUT2D eigenvalue weighted by Crippen LogP contribution is -2.29. The van der Waals surface area contributed by atoms with Crippen LogP contribution in [0.15, 0.2) is 18.2 Å². The summed E-state index contributed by atoms with van der Waals surface area (Å²) in [6.07, 6.45) is 0. The number of nitrogens with one attached hydrogen (secondary N) is 1. The number of hydrogen-bond acceptors (Lipinski definition) is 1. The van der Waals surface area contributed by atoms with Crippen molar-refractivity contribution < 1.29 is 0 Å². The molecule has 1 rings (SSSR count). The van der Waals surface area contributed by atoms with Crippen LogP contribution in [0, 0.1) is 18.3 Å². The Morgan fingerprint density at radius 3 is 2.47 bits per heavy atom. The first kappa shape index (κ1) is 14.5. The molecule has 0 amide bonds. The van der Waals surface area contributed by atoms with Crippen molar-refractivity contribution in [3.63, 3.8) is 0 Å². The van der Waals surface area contributed by atoms with Crippen LogP contribution in [-0.2, 0) is 6.54 Å². The Hall–Kier alpha value is -0.530. The molecule has 1 N–H and O–H groups in total. The van der Waals surface area contributed by atoms with Gasteiger partial charge in [-0.3, -0.25) is 0 Å². The van der Waals surface area contributed by atoms with Crippen LogP contribution in [0.5, 0.6) is 0 Å². The van der Waals surface area contributed by atoms with Crippen molar-refractivity contribution in [3.8, 4) is 0 Å². The maximum absolute atomic E-state index is 6.10. The molecule has 1 nitrogen and oxygen atoms in total.